The SMILES string of the molecule is COc1ccc(-c2nccc(CN)n2)cc1. The van der Waals surface area contributed by atoms with E-state index >= 15 is 0 Å². The van der Waals surface area contributed by atoms with Crippen LogP contribution in [0.3, 0.4) is 0 Å². The second-order valence-electron chi connectivity index (χ2n) is 3.30. The molecule has 0 aliphatic heterocycles. The Balaban J connectivity index is 2.34. The van der Waals surface area contributed by atoms with Crippen LogP contribution in [0.15, 0.2) is 36.5 Å². The number of hydrogen-bond acceptors (Lipinski definition) is 4. The van der Waals surface area contributed by atoms with E-state index in [0.717, 1.165) is 17.0 Å². The summed E-state index contributed by atoms with van der Waals surface area (Å²) in [6.07, 6.45) is 1.72. The molecule has 0 saturated heterocycles. The number of nitrogens with zero attached hydrogens (tertiary/aromatic N) is 2. The first-order valence-electron chi connectivity index (χ1n) is 5.00. The van der Waals surface area contributed by atoms with E-state index in [-0.39, 0.29) is 0 Å². The Hall–Kier alpha value is -1.94. The summed E-state index contributed by atoms with van der Waals surface area (Å²) in [5, 5.41) is 0. The minimum absolute atomic E-state index is 0.422. The molecule has 0 radical (unpaired) electrons. The smallest absolute Gasteiger partial charge is 0.159 e. The van der Waals surface area contributed by atoms with Crippen LogP contribution in [0.25, 0.3) is 11.4 Å². The van der Waals surface area contributed by atoms with Crippen molar-refractivity contribution < 1.29 is 4.74 Å². The third-order valence-electron chi connectivity index (χ3n) is 2.27. The fourth-order valence-corrected chi connectivity index (χ4v) is 1.39. The molecule has 0 spiro atoms. The highest BCUT2D eigenvalue weighted by atomic mass is 16.5. The number of hydrogen-bond donors (Lipinski definition) is 1. The molecule has 4 nitrogen and oxygen atoms in total. The maximum absolute atomic E-state index is 5.53. The molecule has 1 aromatic carbocycles. The number of methoxy groups -OCH3 is 1. The summed E-state index contributed by atoms with van der Waals surface area (Å²) in [4.78, 5) is 8.55. The number of aromatic nitrogens is 2. The van der Waals surface area contributed by atoms with Gasteiger partial charge in [0.15, 0.2) is 5.82 Å². The van der Waals surface area contributed by atoms with Crippen LogP contribution in [-0.2, 0) is 6.54 Å². The van der Waals surface area contributed by atoms with Crippen LogP contribution in [0, 0.1) is 0 Å². The van der Waals surface area contributed by atoms with Crippen LogP contribution in [0.5, 0.6) is 5.75 Å². The van der Waals surface area contributed by atoms with E-state index in [1.807, 2.05) is 30.3 Å². The molecule has 2 rings (SSSR count). The molecule has 0 amide bonds. The van der Waals surface area contributed by atoms with Gasteiger partial charge in [-0.1, -0.05) is 0 Å². The Kier molecular flexibility index (Phi) is 3.12. The van der Waals surface area contributed by atoms with Gasteiger partial charge in [-0.25, -0.2) is 9.97 Å². The molecule has 0 aliphatic carbocycles. The molecule has 0 bridgehead atoms. The topological polar surface area (TPSA) is 61.0 Å². The van der Waals surface area contributed by atoms with Gasteiger partial charge in [0.05, 0.1) is 12.8 Å². The first-order valence-corrected chi connectivity index (χ1v) is 5.00. The number of benzene rings is 1. The summed E-state index contributed by atoms with van der Waals surface area (Å²) in [7, 11) is 1.64. The average molecular weight is 215 g/mol. The highest BCUT2D eigenvalue weighted by Crippen LogP contribution is 2.18. The highest BCUT2D eigenvalue weighted by molar-refractivity contribution is 5.56. The van der Waals surface area contributed by atoms with Crippen molar-refractivity contribution in [3.8, 4) is 17.1 Å². The Morgan fingerprint density at radius 3 is 2.56 bits per heavy atom. The minimum atomic E-state index is 0.422. The summed E-state index contributed by atoms with van der Waals surface area (Å²) in [6.45, 7) is 0.422. The average Bonchev–Trinajstić information content (AvgIpc) is 2.39. The van der Waals surface area contributed by atoms with Crippen molar-refractivity contribution in [2.24, 2.45) is 5.73 Å². The Bertz CT molecular complexity index is 468. The molecule has 16 heavy (non-hydrogen) atoms. The summed E-state index contributed by atoms with van der Waals surface area (Å²) in [5.41, 5.74) is 7.32. The third kappa shape index (κ3) is 2.17. The van der Waals surface area contributed by atoms with E-state index in [0.29, 0.717) is 12.4 Å². The second kappa shape index (κ2) is 4.72. The lowest BCUT2D eigenvalue weighted by molar-refractivity contribution is 0.415. The molecule has 1 aromatic heterocycles. The van der Waals surface area contributed by atoms with Gasteiger partial charge in [0, 0.05) is 18.3 Å². The van der Waals surface area contributed by atoms with Crippen LogP contribution in [0.4, 0.5) is 0 Å². The van der Waals surface area contributed by atoms with Gasteiger partial charge in [0.2, 0.25) is 0 Å². The maximum Gasteiger partial charge on any atom is 0.159 e. The fraction of sp³-hybridized carbons (Fsp3) is 0.167. The molecule has 0 fully saturated rings. The zero-order valence-electron chi connectivity index (χ0n) is 9.05. The van der Waals surface area contributed by atoms with Crippen LogP contribution < -0.4 is 10.5 Å². The van der Waals surface area contributed by atoms with Crippen LogP contribution in [0.1, 0.15) is 5.69 Å². The monoisotopic (exact) mass is 215 g/mol. The van der Waals surface area contributed by atoms with E-state index in [4.69, 9.17) is 10.5 Å². The van der Waals surface area contributed by atoms with Crippen molar-refractivity contribution in [2.75, 3.05) is 7.11 Å². The predicted octanol–water partition coefficient (Wildman–Crippen LogP) is 1.61. The number of ether oxygens (including phenoxy) is 1. The normalized spacial score (nSPS) is 10.1. The Morgan fingerprint density at radius 1 is 1.19 bits per heavy atom. The van der Waals surface area contributed by atoms with Gasteiger partial charge in [-0.05, 0) is 30.3 Å². The number of nitrogens with two attached hydrogens (primary N) is 1. The van der Waals surface area contributed by atoms with E-state index in [1.54, 1.807) is 13.3 Å². The number of rotatable bonds is 3. The molecule has 1 heterocycles. The highest BCUT2D eigenvalue weighted by Gasteiger charge is 2.02. The van der Waals surface area contributed by atoms with Crippen molar-refractivity contribution >= 4 is 0 Å². The zero-order valence-corrected chi connectivity index (χ0v) is 9.05. The molecule has 82 valence electrons. The van der Waals surface area contributed by atoms with Crippen molar-refractivity contribution in [3.05, 3.63) is 42.2 Å². The van der Waals surface area contributed by atoms with Crippen molar-refractivity contribution in [2.45, 2.75) is 6.54 Å². The largest absolute Gasteiger partial charge is 0.497 e. The third-order valence-corrected chi connectivity index (χ3v) is 2.27. The molecule has 2 N–H and O–H groups in total. The van der Waals surface area contributed by atoms with Crippen molar-refractivity contribution in [3.63, 3.8) is 0 Å². The van der Waals surface area contributed by atoms with Crippen molar-refractivity contribution in [1.29, 1.82) is 0 Å². The lowest BCUT2D eigenvalue weighted by Crippen LogP contribution is -2.01. The van der Waals surface area contributed by atoms with Gasteiger partial charge in [0.25, 0.3) is 0 Å². The van der Waals surface area contributed by atoms with Crippen LogP contribution in [0.2, 0.25) is 0 Å². The Labute approximate surface area is 94.1 Å². The van der Waals surface area contributed by atoms with E-state index in [9.17, 15) is 0 Å². The quantitative estimate of drug-likeness (QED) is 0.845. The molecule has 0 atom stereocenters. The first-order chi connectivity index (χ1) is 7.83. The molecular formula is C12H13N3O. The summed E-state index contributed by atoms with van der Waals surface area (Å²) in [6, 6.07) is 9.43. The minimum Gasteiger partial charge on any atom is -0.497 e. The van der Waals surface area contributed by atoms with Gasteiger partial charge >= 0.3 is 0 Å². The Morgan fingerprint density at radius 2 is 1.94 bits per heavy atom. The molecule has 0 unspecified atom stereocenters. The standard InChI is InChI=1S/C12H13N3O/c1-16-11-4-2-9(3-5-11)12-14-7-6-10(8-13)15-12/h2-7H,8,13H2,1H3. The van der Waals surface area contributed by atoms with Gasteiger partial charge in [0.1, 0.15) is 5.75 Å². The van der Waals surface area contributed by atoms with Gasteiger partial charge < -0.3 is 10.5 Å². The van der Waals surface area contributed by atoms with E-state index in [1.165, 1.54) is 0 Å². The summed E-state index contributed by atoms with van der Waals surface area (Å²) >= 11 is 0. The van der Waals surface area contributed by atoms with Gasteiger partial charge in [-0.2, -0.15) is 0 Å². The second-order valence-corrected chi connectivity index (χ2v) is 3.30. The molecule has 4 heteroatoms. The van der Waals surface area contributed by atoms with E-state index < -0.39 is 0 Å². The van der Waals surface area contributed by atoms with Gasteiger partial charge in [-0.3, -0.25) is 0 Å². The van der Waals surface area contributed by atoms with Crippen LogP contribution >= 0.6 is 0 Å². The maximum atomic E-state index is 5.53. The molecular weight excluding hydrogens is 202 g/mol. The summed E-state index contributed by atoms with van der Waals surface area (Å²) < 4.78 is 5.09. The van der Waals surface area contributed by atoms with Gasteiger partial charge in [-0.15, -0.1) is 0 Å². The lowest BCUT2D eigenvalue weighted by atomic mass is 10.2. The lowest BCUT2D eigenvalue weighted by Gasteiger charge is -2.03. The van der Waals surface area contributed by atoms with Crippen molar-refractivity contribution in [1.82, 2.24) is 9.97 Å². The molecule has 0 aliphatic rings. The fourth-order valence-electron chi connectivity index (χ4n) is 1.39. The summed E-state index contributed by atoms with van der Waals surface area (Å²) in [5.74, 6) is 1.50. The predicted molar refractivity (Wildman–Crippen MR) is 61.9 cm³/mol. The first kappa shape index (κ1) is 10.6. The zero-order chi connectivity index (χ0) is 11.4. The van der Waals surface area contributed by atoms with Crippen LogP contribution in [-0.4, -0.2) is 17.1 Å². The van der Waals surface area contributed by atoms with E-state index in [2.05, 4.69) is 9.97 Å². The molecule has 2 aromatic rings. The molecule has 0 saturated carbocycles.